The Morgan fingerprint density at radius 3 is 2.30 bits per heavy atom. The first-order chi connectivity index (χ1) is 9.12. The average molecular weight is 297 g/mol. The van der Waals surface area contributed by atoms with Gasteiger partial charge in [0.15, 0.2) is 0 Å². The summed E-state index contributed by atoms with van der Waals surface area (Å²) < 4.78 is 25.7. The summed E-state index contributed by atoms with van der Waals surface area (Å²) in [6.07, 6.45) is 1.42. The summed E-state index contributed by atoms with van der Waals surface area (Å²) in [6, 6.07) is 5.36. The van der Waals surface area contributed by atoms with Gasteiger partial charge >= 0.3 is 7.12 Å². The van der Waals surface area contributed by atoms with E-state index in [1.807, 2.05) is 40.7 Å². The SMILES string of the molecule is Cc1ccc(Cl)cc1C=C(F)B1OC(C)(C)C(C)(C)O1. The summed E-state index contributed by atoms with van der Waals surface area (Å²) in [6.45, 7) is 9.48. The number of halogens is 2. The van der Waals surface area contributed by atoms with Crippen molar-refractivity contribution in [3.8, 4) is 0 Å². The van der Waals surface area contributed by atoms with E-state index in [2.05, 4.69) is 0 Å². The second-order valence-corrected chi connectivity index (χ2v) is 6.55. The second-order valence-electron chi connectivity index (χ2n) is 6.12. The predicted molar refractivity (Wildman–Crippen MR) is 81.4 cm³/mol. The van der Waals surface area contributed by atoms with Crippen molar-refractivity contribution in [2.24, 2.45) is 0 Å². The fourth-order valence-electron chi connectivity index (χ4n) is 1.94. The van der Waals surface area contributed by atoms with Crippen LogP contribution in [0.2, 0.25) is 5.02 Å². The molecule has 0 amide bonds. The zero-order chi connectivity index (χ0) is 15.1. The Balaban J connectivity index is 2.27. The summed E-state index contributed by atoms with van der Waals surface area (Å²) >= 11 is 5.94. The third-order valence-corrected chi connectivity index (χ3v) is 4.25. The number of hydrogen-bond donors (Lipinski definition) is 0. The fourth-order valence-corrected chi connectivity index (χ4v) is 2.12. The van der Waals surface area contributed by atoms with Crippen molar-refractivity contribution in [3.63, 3.8) is 0 Å². The van der Waals surface area contributed by atoms with Gasteiger partial charge in [-0.1, -0.05) is 17.7 Å². The third-order valence-electron chi connectivity index (χ3n) is 4.01. The molecular formula is C15H19BClFO2. The average Bonchev–Trinajstić information content (AvgIpc) is 2.53. The van der Waals surface area contributed by atoms with E-state index in [1.165, 1.54) is 6.08 Å². The lowest BCUT2D eigenvalue weighted by Gasteiger charge is -2.32. The Labute approximate surface area is 125 Å². The van der Waals surface area contributed by atoms with E-state index in [-0.39, 0.29) is 0 Å². The quantitative estimate of drug-likeness (QED) is 0.743. The largest absolute Gasteiger partial charge is 0.525 e. The molecule has 1 heterocycles. The van der Waals surface area contributed by atoms with Crippen molar-refractivity contribution in [2.45, 2.75) is 45.8 Å². The zero-order valence-electron chi connectivity index (χ0n) is 12.5. The van der Waals surface area contributed by atoms with Crippen molar-refractivity contribution in [1.82, 2.24) is 0 Å². The lowest BCUT2D eigenvalue weighted by Crippen LogP contribution is -2.41. The van der Waals surface area contributed by atoms with Crippen molar-refractivity contribution >= 4 is 24.8 Å². The van der Waals surface area contributed by atoms with Crippen LogP contribution in [0.1, 0.15) is 38.8 Å². The van der Waals surface area contributed by atoms with Gasteiger partial charge in [-0.25, -0.2) is 4.39 Å². The molecule has 5 heteroatoms. The number of aryl methyl sites for hydroxylation is 1. The van der Waals surface area contributed by atoms with Gasteiger partial charge in [0.05, 0.1) is 11.2 Å². The Bertz CT molecular complexity index is 539. The van der Waals surface area contributed by atoms with Gasteiger partial charge in [-0.3, -0.25) is 0 Å². The maximum atomic E-state index is 14.4. The molecule has 1 saturated heterocycles. The molecule has 0 aromatic heterocycles. The first kappa shape index (κ1) is 15.6. The Hall–Kier alpha value is -0.835. The van der Waals surface area contributed by atoms with Crippen molar-refractivity contribution in [3.05, 3.63) is 40.1 Å². The number of hydrogen-bond acceptors (Lipinski definition) is 2. The van der Waals surface area contributed by atoms with Crippen LogP contribution < -0.4 is 0 Å². The van der Waals surface area contributed by atoms with E-state index < -0.39 is 24.0 Å². The molecule has 0 saturated carbocycles. The number of benzene rings is 1. The van der Waals surface area contributed by atoms with Crippen molar-refractivity contribution < 1.29 is 13.7 Å². The van der Waals surface area contributed by atoms with Crippen LogP contribution in [0.4, 0.5) is 4.39 Å². The van der Waals surface area contributed by atoms with E-state index in [9.17, 15) is 4.39 Å². The highest BCUT2D eigenvalue weighted by atomic mass is 35.5. The lowest BCUT2D eigenvalue weighted by molar-refractivity contribution is 0.00578. The normalized spacial score (nSPS) is 21.4. The highest BCUT2D eigenvalue weighted by molar-refractivity contribution is 6.54. The van der Waals surface area contributed by atoms with Gasteiger partial charge in [-0.15, -0.1) is 0 Å². The van der Waals surface area contributed by atoms with Crippen LogP contribution in [0.3, 0.4) is 0 Å². The zero-order valence-corrected chi connectivity index (χ0v) is 13.2. The highest BCUT2D eigenvalue weighted by Gasteiger charge is 2.53. The maximum Gasteiger partial charge on any atom is 0.525 e. The lowest BCUT2D eigenvalue weighted by atomic mass is 9.86. The van der Waals surface area contributed by atoms with Gasteiger partial charge in [0.25, 0.3) is 0 Å². The van der Waals surface area contributed by atoms with E-state index in [0.29, 0.717) is 5.02 Å². The summed E-state index contributed by atoms with van der Waals surface area (Å²) in [5.74, 6) is 0. The molecule has 108 valence electrons. The van der Waals surface area contributed by atoms with Crippen molar-refractivity contribution in [2.75, 3.05) is 0 Å². The highest BCUT2D eigenvalue weighted by Crippen LogP contribution is 2.39. The minimum absolute atomic E-state index is 0.450. The van der Waals surface area contributed by atoms with Gasteiger partial charge in [0.2, 0.25) is 0 Å². The number of rotatable bonds is 2. The summed E-state index contributed by atoms with van der Waals surface area (Å²) in [7, 11) is -0.974. The van der Waals surface area contributed by atoms with Gasteiger partial charge in [-0.2, -0.15) is 0 Å². The Morgan fingerprint density at radius 1 is 1.20 bits per heavy atom. The smallest absolute Gasteiger partial charge is 0.398 e. The van der Waals surface area contributed by atoms with Crippen LogP contribution in [0.25, 0.3) is 6.08 Å². The van der Waals surface area contributed by atoms with Gasteiger partial charge in [0.1, 0.15) is 5.73 Å². The van der Waals surface area contributed by atoms with Crippen LogP contribution in [0.5, 0.6) is 0 Å². The first-order valence-corrected chi connectivity index (χ1v) is 6.99. The standard InChI is InChI=1S/C15H19BClFO2/c1-10-6-7-12(17)8-11(10)9-13(18)16-19-14(2,3)15(4,5)20-16/h6-9H,1-5H3. The molecule has 0 atom stereocenters. The minimum Gasteiger partial charge on any atom is -0.398 e. The van der Waals surface area contributed by atoms with E-state index in [4.69, 9.17) is 20.9 Å². The molecule has 0 spiro atoms. The van der Waals surface area contributed by atoms with Crippen LogP contribution in [-0.4, -0.2) is 18.3 Å². The van der Waals surface area contributed by atoms with E-state index in [1.54, 1.807) is 12.1 Å². The van der Waals surface area contributed by atoms with Crippen LogP contribution in [-0.2, 0) is 9.31 Å². The summed E-state index contributed by atoms with van der Waals surface area (Å²) in [4.78, 5) is 0. The van der Waals surface area contributed by atoms with Gasteiger partial charge in [0, 0.05) is 5.02 Å². The molecule has 2 nitrogen and oxygen atoms in total. The van der Waals surface area contributed by atoms with Gasteiger partial charge < -0.3 is 9.31 Å². The molecule has 20 heavy (non-hydrogen) atoms. The first-order valence-electron chi connectivity index (χ1n) is 6.61. The molecule has 0 N–H and O–H groups in total. The topological polar surface area (TPSA) is 18.5 Å². The maximum absolute atomic E-state index is 14.4. The summed E-state index contributed by atoms with van der Waals surface area (Å²) in [5.41, 5.74) is 0.123. The van der Waals surface area contributed by atoms with Crippen LogP contribution in [0, 0.1) is 6.92 Å². The Morgan fingerprint density at radius 2 is 1.75 bits per heavy atom. The molecule has 1 aliphatic rings. The molecule has 0 bridgehead atoms. The van der Waals surface area contributed by atoms with Crippen LogP contribution >= 0.6 is 11.6 Å². The molecule has 1 aromatic carbocycles. The monoisotopic (exact) mass is 296 g/mol. The fraction of sp³-hybridized carbons (Fsp3) is 0.467. The van der Waals surface area contributed by atoms with E-state index in [0.717, 1.165) is 11.1 Å². The minimum atomic E-state index is -0.974. The molecule has 0 aliphatic carbocycles. The molecule has 1 fully saturated rings. The molecular weight excluding hydrogens is 277 g/mol. The second kappa shape index (κ2) is 5.17. The third kappa shape index (κ3) is 2.92. The van der Waals surface area contributed by atoms with Gasteiger partial charge in [-0.05, 0) is 64.0 Å². The van der Waals surface area contributed by atoms with E-state index >= 15 is 0 Å². The Kier molecular flexibility index (Phi) is 4.02. The summed E-state index contributed by atoms with van der Waals surface area (Å²) in [5, 5.41) is 0.573. The molecule has 2 rings (SSSR count). The molecule has 1 aromatic rings. The van der Waals surface area contributed by atoms with Crippen molar-refractivity contribution in [1.29, 1.82) is 0 Å². The molecule has 0 radical (unpaired) electrons. The van der Waals surface area contributed by atoms with Crippen LogP contribution in [0.15, 0.2) is 23.9 Å². The molecule has 1 aliphatic heterocycles. The molecule has 0 unspecified atom stereocenters. The predicted octanol–water partition coefficient (Wildman–Crippen LogP) is 4.59.